The summed E-state index contributed by atoms with van der Waals surface area (Å²) in [5.41, 5.74) is 2.28. The van der Waals surface area contributed by atoms with Crippen molar-refractivity contribution in [3.63, 3.8) is 0 Å². The van der Waals surface area contributed by atoms with Crippen molar-refractivity contribution in [1.82, 2.24) is 14.7 Å². The van der Waals surface area contributed by atoms with Crippen LogP contribution in [-0.2, 0) is 18.3 Å². The Hall–Kier alpha value is -2.30. The second kappa shape index (κ2) is 7.51. The first-order valence-electron chi connectivity index (χ1n) is 8.58. The Morgan fingerprint density at radius 3 is 3.00 bits per heavy atom. The van der Waals surface area contributed by atoms with Gasteiger partial charge in [-0.2, -0.15) is 5.10 Å². The van der Waals surface area contributed by atoms with Crippen LogP contribution in [0.3, 0.4) is 0 Å². The molecule has 5 nitrogen and oxygen atoms in total. The highest BCUT2D eigenvalue weighted by molar-refractivity contribution is 5.77. The summed E-state index contributed by atoms with van der Waals surface area (Å²) in [6.45, 7) is 0.841. The molecule has 0 aliphatic carbocycles. The summed E-state index contributed by atoms with van der Waals surface area (Å²) in [6, 6.07) is 8.26. The van der Waals surface area contributed by atoms with Crippen molar-refractivity contribution in [3.05, 3.63) is 47.8 Å². The van der Waals surface area contributed by atoms with E-state index < -0.39 is 0 Å². The number of aryl methyl sites for hydroxylation is 2. The molecule has 0 bridgehead atoms. The third-order valence-electron chi connectivity index (χ3n) is 4.69. The van der Waals surface area contributed by atoms with Crippen molar-refractivity contribution in [3.8, 4) is 5.75 Å². The molecule has 2 heterocycles. The topological polar surface area (TPSA) is 47.4 Å². The molecular formula is C19H25N3O2. The summed E-state index contributed by atoms with van der Waals surface area (Å²) in [7, 11) is 3.57. The first kappa shape index (κ1) is 16.6. The molecule has 1 aromatic heterocycles. The molecule has 128 valence electrons. The molecule has 0 spiro atoms. The van der Waals surface area contributed by atoms with Crippen LogP contribution in [0.15, 0.2) is 36.7 Å². The molecule has 0 saturated carbocycles. The average Bonchev–Trinajstić information content (AvgIpc) is 3.05. The predicted octanol–water partition coefficient (Wildman–Crippen LogP) is 3.12. The molecule has 1 amide bonds. The van der Waals surface area contributed by atoms with Gasteiger partial charge in [-0.1, -0.05) is 12.1 Å². The first-order valence-corrected chi connectivity index (χ1v) is 8.58. The van der Waals surface area contributed by atoms with Crippen molar-refractivity contribution in [2.75, 3.05) is 13.7 Å². The van der Waals surface area contributed by atoms with Gasteiger partial charge in [0.2, 0.25) is 5.91 Å². The largest absolute Gasteiger partial charge is 0.497 e. The van der Waals surface area contributed by atoms with Crippen LogP contribution in [0.2, 0.25) is 0 Å². The zero-order chi connectivity index (χ0) is 16.9. The standard InChI is InChI=1S/C19H25N3O2/c1-21-14-15(13-20-21)9-10-19(23)22-11-4-3-8-18(22)16-6-5-7-17(12-16)24-2/h5-7,12-14,18H,3-4,8-11H2,1-2H3. The van der Waals surface area contributed by atoms with E-state index >= 15 is 0 Å². The van der Waals surface area contributed by atoms with Crippen molar-refractivity contribution in [2.45, 2.75) is 38.1 Å². The van der Waals surface area contributed by atoms with Gasteiger partial charge in [-0.25, -0.2) is 0 Å². The summed E-state index contributed by atoms with van der Waals surface area (Å²) < 4.78 is 7.11. The predicted molar refractivity (Wildman–Crippen MR) is 92.8 cm³/mol. The Labute approximate surface area is 143 Å². The SMILES string of the molecule is COc1cccc(C2CCCCN2C(=O)CCc2cnn(C)c2)c1. The number of benzene rings is 1. The third-order valence-corrected chi connectivity index (χ3v) is 4.69. The molecule has 3 rings (SSSR count). The number of rotatable bonds is 5. The Balaban J connectivity index is 1.70. The maximum atomic E-state index is 12.8. The Kier molecular flexibility index (Phi) is 5.18. The molecule has 1 aliphatic heterocycles. The number of nitrogens with zero attached hydrogens (tertiary/aromatic N) is 3. The Morgan fingerprint density at radius 1 is 1.38 bits per heavy atom. The van der Waals surface area contributed by atoms with Crippen LogP contribution in [0.1, 0.15) is 42.9 Å². The van der Waals surface area contributed by atoms with Gasteiger partial charge in [-0.15, -0.1) is 0 Å². The van der Waals surface area contributed by atoms with Gasteiger partial charge in [-0.05, 0) is 48.9 Å². The number of carbonyl (C=O) groups is 1. The van der Waals surface area contributed by atoms with Gasteiger partial charge in [0.1, 0.15) is 5.75 Å². The molecule has 1 atom stereocenters. The highest BCUT2D eigenvalue weighted by Gasteiger charge is 2.27. The second-order valence-electron chi connectivity index (χ2n) is 6.40. The van der Waals surface area contributed by atoms with Crippen LogP contribution in [0.4, 0.5) is 0 Å². The van der Waals surface area contributed by atoms with Crippen molar-refractivity contribution >= 4 is 5.91 Å². The molecule has 1 aromatic carbocycles. The number of hydrogen-bond donors (Lipinski definition) is 0. The zero-order valence-corrected chi connectivity index (χ0v) is 14.4. The van der Waals surface area contributed by atoms with Crippen molar-refractivity contribution in [2.24, 2.45) is 7.05 Å². The molecule has 1 fully saturated rings. The smallest absolute Gasteiger partial charge is 0.223 e. The van der Waals surface area contributed by atoms with Crippen LogP contribution in [0.5, 0.6) is 5.75 Å². The number of hydrogen-bond acceptors (Lipinski definition) is 3. The van der Waals surface area contributed by atoms with Gasteiger partial charge in [0.05, 0.1) is 19.3 Å². The van der Waals surface area contributed by atoms with Crippen LogP contribution in [-0.4, -0.2) is 34.2 Å². The maximum absolute atomic E-state index is 12.8. The van der Waals surface area contributed by atoms with E-state index in [9.17, 15) is 4.79 Å². The summed E-state index contributed by atoms with van der Waals surface area (Å²) in [4.78, 5) is 14.8. The lowest BCUT2D eigenvalue weighted by Gasteiger charge is -2.36. The molecule has 1 unspecified atom stereocenters. The van der Waals surface area contributed by atoms with Crippen LogP contribution < -0.4 is 4.74 Å². The van der Waals surface area contributed by atoms with Crippen molar-refractivity contribution in [1.29, 1.82) is 0 Å². The number of aromatic nitrogens is 2. The minimum atomic E-state index is 0.162. The van der Waals surface area contributed by atoms with Crippen LogP contribution in [0, 0.1) is 0 Å². The monoisotopic (exact) mass is 327 g/mol. The summed E-state index contributed by atoms with van der Waals surface area (Å²) in [6.07, 6.45) is 8.35. The number of amides is 1. The summed E-state index contributed by atoms with van der Waals surface area (Å²) in [5, 5.41) is 4.17. The third kappa shape index (κ3) is 3.78. The number of ether oxygens (including phenoxy) is 1. The van der Waals surface area contributed by atoms with Crippen LogP contribution in [0.25, 0.3) is 0 Å². The van der Waals surface area contributed by atoms with E-state index in [1.165, 1.54) is 5.56 Å². The van der Waals surface area contributed by atoms with Gasteiger partial charge in [0.25, 0.3) is 0 Å². The fraction of sp³-hybridized carbons (Fsp3) is 0.474. The molecule has 1 saturated heterocycles. The quantitative estimate of drug-likeness (QED) is 0.848. The number of piperidine rings is 1. The lowest BCUT2D eigenvalue weighted by molar-refractivity contribution is -0.135. The normalized spacial score (nSPS) is 17.8. The fourth-order valence-corrected chi connectivity index (χ4v) is 3.42. The van der Waals surface area contributed by atoms with Gasteiger partial charge >= 0.3 is 0 Å². The number of methoxy groups -OCH3 is 1. The molecule has 24 heavy (non-hydrogen) atoms. The molecule has 1 aliphatic rings. The highest BCUT2D eigenvalue weighted by Crippen LogP contribution is 2.33. The van der Waals surface area contributed by atoms with E-state index in [4.69, 9.17) is 4.74 Å². The van der Waals surface area contributed by atoms with Gasteiger partial charge in [-0.3, -0.25) is 9.48 Å². The number of likely N-dealkylation sites (tertiary alicyclic amines) is 1. The minimum absolute atomic E-state index is 0.162. The lowest BCUT2D eigenvalue weighted by atomic mass is 9.94. The zero-order valence-electron chi connectivity index (χ0n) is 14.4. The van der Waals surface area contributed by atoms with Gasteiger partial charge < -0.3 is 9.64 Å². The number of carbonyl (C=O) groups excluding carboxylic acids is 1. The highest BCUT2D eigenvalue weighted by atomic mass is 16.5. The van der Waals surface area contributed by atoms with E-state index in [0.29, 0.717) is 6.42 Å². The van der Waals surface area contributed by atoms with E-state index in [2.05, 4.69) is 22.1 Å². The van der Waals surface area contributed by atoms with E-state index in [1.807, 2.05) is 31.6 Å². The second-order valence-corrected chi connectivity index (χ2v) is 6.40. The molecule has 5 heteroatoms. The van der Waals surface area contributed by atoms with Gasteiger partial charge in [0.15, 0.2) is 0 Å². The molecule has 2 aromatic rings. The lowest BCUT2D eigenvalue weighted by Crippen LogP contribution is -2.38. The van der Waals surface area contributed by atoms with E-state index in [-0.39, 0.29) is 11.9 Å². The van der Waals surface area contributed by atoms with E-state index in [1.54, 1.807) is 11.8 Å². The minimum Gasteiger partial charge on any atom is -0.497 e. The Morgan fingerprint density at radius 2 is 2.25 bits per heavy atom. The summed E-state index contributed by atoms with van der Waals surface area (Å²) in [5.74, 6) is 1.08. The molecule has 0 radical (unpaired) electrons. The van der Waals surface area contributed by atoms with Gasteiger partial charge in [0, 0.05) is 26.2 Å². The Bertz CT molecular complexity index is 695. The first-order chi connectivity index (χ1) is 11.7. The maximum Gasteiger partial charge on any atom is 0.223 e. The molecule has 0 N–H and O–H groups in total. The fourth-order valence-electron chi connectivity index (χ4n) is 3.42. The van der Waals surface area contributed by atoms with Crippen molar-refractivity contribution < 1.29 is 9.53 Å². The average molecular weight is 327 g/mol. The molecular weight excluding hydrogens is 302 g/mol. The van der Waals surface area contributed by atoms with Crippen LogP contribution >= 0.6 is 0 Å². The summed E-state index contributed by atoms with van der Waals surface area (Å²) >= 11 is 0. The van der Waals surface area contributed by atoms with E-state index in [0.717, 1.165) is 43.5 Å².